The Morgan fingerprint density at radius 1 is 1.26 bits per heavy atom. The van der Waals surface area contributed by atoms with E-state index in [1.54, 1.807) is 34.6 Å². The minimum Gasteiger partial charge on any atom is -0.444 e. The van der Waals surface area contributed by atoms with Crippen molar-refractivity contribution in [2.45, 2.75) is 45.8 Å². The van der Waals surface area contributed by atoms with Gasteiger partial charge in [0.05, 0.1) is 22.1 Å². The maximum atomic E-state index is 13.1. The van der Waals surface area contributed by atoms with Gasteiger partial charge >= 0.3 is 6.09 Å². The molecule has 0 fully saturated rings. The lowest BCUT2D eigenvalue weighted by Gasteiger charge is -2.27. The maximum absolute atomic E-state index is 13.1. The van der Waals surface area contributed by atoms with E-state index in [1.165, 1.54) is 12.1 Å². The van der Waals surface area contributed by atoms with Crippen molar-refractivity contribution in [1.82, 2.24) is 10.6 Å². The molecule has 27 heavy (non-hydrogen) atoms. The standard InChI is InChI=1S/C18H24FN3O5/c1-17(2,3)27-16(24)20-11-18(4,5)21-15(23)9-7-12-6-8-13(19)10-14(12)22(25)26/h6-10H,11H2,1-5H3,(H,20,24)(H,21,23)/b9-7+. The molecule has 1 aromatic rings. The number of ether oxygens (including phenoxy) is 1. The Kier molecular flexibility index (Phi) is 7.04. The molecule has 0 aliphatic rings. The van der Waals surface area contributed by atoms with Crippen molar-refractivity contribution in [3.05, 3.63) is 45.8 Å². The fourth-order valence-corrected chi connectivity index (χ4v) is 2.01. The summed E-state index contributed by atoms with van der Waals surface area (Å²) in [5, 5.41) is 16.2. The van der Waals surface area contributed by atoms with Crippen LogP contribution in [-0.4, -0.2) is 34.6 Å². The van der Waals surface area contributed by atoms with Crippen molar-refractivity contribution in [2.24, 2.45) is 0 Å². The number of carbonyl (C=O) groups is 2. The number of nitro benzene ring substituents is 1. The number of hydrogen-bond donors (Lipinski definition) is 2. The van der Waals surface area contributed by atoms with Gasteiger partial charge in [0.25, 0.3) is 5.69 Å². The lowest BCUT2D eigenvalue weighted by Crippen LogP contribution is -2.51. The second kappa shape index (κ2) is 8.61. The monoisotopic (exact) mass is 381 g/mol. The Morgan fingerprint density at radius 3 is 2.44 bits per heavy atom. The second-order valence-electron chi connectivity index (χ2n) is 7.52. The van der Waals surface area contributed by atoms with Crippen molar-refractivity contribution in [2.75, 3.05) is 6.54 Å². The zero-order chi connectivity index (χ0) is 20.8. The number of nitrogens with zero attached hydrogens (tertiary/aromatic N) is 1. The SMILES string of the molecule is CC(C)(CNC(=O)OC(C)(C)C)NC(=O)/C=C/c1ccc(F)cc1[N+](=O)[O-]. The van der Waals surface area contributed by atoms with Gasteiger partial charge in [-0.2, -0.15) is 0 Å². The number of hydrogen-bond acceptors (Lipinski definition) is 5. The molecule has 0 saturated carbocycles. The average Bonchev–Trinajstić information content (AvgIpc) is 2.49. The minimum atomic E-state index is -0.799. The molecule has 0 saturated heterocycles. The third-order valence-corrected chi connectivity index (χ3v) is 3.14. The molecule has 2 N–H and O–H groups in total. The summed E-state index contributed by atoms with van der Waals surface area (Å²) in [7, 11) is 0. The predicted octanol–water partition coefficient (Wildman–Crippen LogP) is 3.17. The van der Waals surface area contributed by atoms with Crippen molar-refractivity contribution >= 4 is 23.8 Å². The van der Waals surface area contributed by atoms with Gasteiger partial charge in [-0.05, 0) is 52.8 Å². The summed E-state index contributed by atoms with van der Waals surface area (Å²) in [5.41, 5.74) is -1.77. The van der Waals surface area contributed by atoms with Crippen molar-refractivity contribution in [3.8, 4) is 0 Å². The molecule has 0 aliphatic carbocycles. The van der Waals surface area contributed by atoms with Gasteiger partial charge in [-0.1, -0.05) is 0 Å². The molecular formula is C18H24FN3O5. The first-order valence-corrected chi connectivity index (χ1v) is 8.20. The van der Waals surface area contributed by atoms with Gasteiger partial charge in [0.1, 0.15) is 11.4 Å². The molecule has 0 radical (unpaired) electrons. The van der Waals surface area contributed by atoms with Gasteiger partial charge in [0.15, 0.2) is 0 Å². The summed E-state index contributed by atoms with van der Waals surface area (Å²) in [6.45, 7) is 8.70. The number of rotatable bonds is 6. The van der Waals surface area contributed by atoms with Crippen LogP contribution >= 0.6 is 0 Å². The Bertz CT molecular complexity index is 754. The van der Waals surface area contributed by atoms with Crippen LogP contribution in [0.25, 0.3) is 6.08 Å². The Balaban J connectivity index is 2.69. The smallest absolute Gasteiger partial charge is 0.407 e. The highest BCUT2D eigenvalue weighted by atomic mass is 19.1. The van der Waals surface area contributed by atoms with Crippen molar-refractivity contribution < 1.29 is 23.6 Å². The van der Waals surface area contributed by atoms with E-state index in [1.807, 2.05) is 0 Å². The van der Waals surface area contributed by atoms with E-state index < -0.39 is 39.6 Å². The third-order valence-electron chi connectivity index (χ3n) is 3.14. The van der Waals surface area contributed by atoms with Crippen molar-refractivity contribution in [1.29, 1.82) is 0 Å². The molecule has 0 unspecified atom stereocenters. The van der Waals surface area contributed by atoms with Crippen molar-refractivity contribution in [3.63, 3.8) is 0 Å². The quantitative estimate of drug-likeness (QED) is 0.447. The molecular weight excluding hydrogens is 357 g/mol. The number of benzene rings is 1. The van der Waals surface area contributed by atoms with Crippen LogP contribution in [0.3, 0.4) is 0 Å². The molecule has 2 amide bonds. The Hall–Kier alpha value is -2.97. The first-order chi connectivity index (χ1) is 12.3. The van der Waals surface area contributed by atoms with E-state index in [0.717, 1.165) is 18.2 Å². The molecule has 8 nitrogen and oxygen atoms in total. The van der Waals surface area contributed by atoms with Gasteiger partial charge in [0, 0.05) is 12.6 Å². The lowest BCUT2D eigenvalue weighted by molar-refractivity contribution is -0.385. The van der Waals surface area contributed by atoms with Gasteiger partial charge in [-0.15, -0.1) is 0 Å². The molecule has 0 aromatic heterocycles. The van der Waals surface area contributed by atoms with Gasteiger partial charge in [0.2, 0.25) is 5.91 Å². The van der Waals surface area contributed by atoms with Crippen LogP contribution in [0.4, 0.5) is 14.9 Å². The third kappa shape index (κ3) is 8.30. The normalized spacial score (nSPS) is 11.9. The van der Waals surface area contributed by atoms with Crippen LogP contribution in [-0.2, 0) is 9.53 Å². The van der Waals surface area contributed by atoms with Gasteiger partial charge < -0.3 is 15.4 Å². The van der Waals surface area contributed by atoms with E-state index in [-0.39, 0.29) is 12.1 Å². The van der Waals surface area contributed by atoms with E-state index in [9.17, 15) is 24.1 Å². The van der Waals surface area contributed by atoms with Crippen LogP contribution in [0.5, 0.6) is 0 Å². The Labute approximate surface area is 156 Å². The van der Waals surface area contributed by atoms with E-state index in [4.69, 9.17) is 4.74 Å². The lowest BCUT2D eigenvalue weighted by atomic mass is 10.1. The largest absolute Gasteiger partial charge is 0.444 e. The first kappa shape index (κ1) is 22.1. The summed E-state index contributed by atoms with van der Waals surface area (Å²) >= 11 is 0. The molecule has 1 aromatic carbocycles. The second-order valence-corrected chi connectivity index (χ2v) is 7.52. The number of nitrogens with one attached hydrogen (secondary N) is 2. The molecule has 0 atom stereocenters. The highest BCUT2D eigenvalue weighted by Gasteiger charge is 2.23. The zero-order valence-corrected chi connectivity index (χ0v) is 16.0. The molecule has 148 valence electrons. The van der Waals surface area contributed by atoms with Gasteiger partial charge in [-0.3, -0.25) is 14.9 Å². The summed E-state index contributed by atoms with van der Waals surface area (Å²) < 4.78 is 18.2. The van der Waals surface area contributed by atoms with Crippen LogP contribution in [0, 0.1) is 15.9 Å². The summed E-state index contributed by atoms with van der Waals surface area (Å²) in [5.74, 6) is -1.26. The van der Waals surface area contributed by atoms with E-state index in [2.05, 4.69) is 10.6 Å². The zero-order valence-electron chi connectivity index (χ0n) is 16.0. The average molecular weight is 381 g/mol. The predicted molar refractivity (Wildman–Crippen MR) is 98.5 cm³/mol. The number of amides is 2. The summed E-state index contributed by atoms with van der Waals surface area (Å²) in [4.78, 5) is 34.0. The number of nitro groups is 1. The molecule has 0 bridgehead atoms. The highest BCUT2D eigenvalue weighted by Crippen LogP contribution is 2.21. The van der Waals surface area contributed by atoms with E-state index >= 15 is 0 Å². The van der Waals surface area contributed by atoms with Gasteiger partial charge in [-0.25, -0.2) is 9.18 Å². The first-order valence-electron chi connectivity index (χ1n) is 8.20. The van der Waals surface area contributed by atoms with E-state index in [0.29, 0.717) is 0 Å². The maximum Gasteiger partial charge on any atom is 0.407 e. The molecule has 1 rings (SSSR count). The molecule has 9 heteroatoms. The highest BCUT2D eigenvalue weighted by molar-refractivity contribution is 5.92. The van der Waals surface area contributed by atoms with Crippen LogP contribution in [0.15, 0.2) is 24.3 Å². The van der Waals surface area contributed by atoms with Crippen LogP contribution < -0.4 is 10.6 Å². The number of alkyl carbamates (subject to hydrolysis) is 1. The molecule has 0 heterocycles. The fourth-order valence-electron chi connectivity index (χ4n) is 2.01. The number of halogens is 1. The summed E-state index contributed by atoms with van der Waals surface area (Å²) in [6, 6.07) is 3.07. The van der Waals surface area contributed by atoms with Crippen LogP contribution in [0.1, 0.15) is 40.2 Å². The minimum absolute atomic E-state index is 0.0984. The fraction of sp³-hybridized carbons (Fsp3) is 0.444. The number of carbonyl (C=O) groups excluding carboxylic acids is 2. The topological polar surface area (TPSA) is 111 Å². The van der Waals surface area contributed by atoms with Crippen LogP contribution in [0.2, 0.25) is 0 Å². The molecule has 0 aliphatic heterocycles. The molecule has 0 spiro atoms. The summed E-state index contributed by atoms with van der Waals surface area (Å²) in [6.07, 6.45) is 1.72. The Morgan fingerprint density at radius 2 is 1.89 bits per heavy atom.